The van der Waals surface area contributed by atoms with Crippen LogP contribution in [0.2, 0.25) is 0 Å². The highest BCUT2D eigenvalue weighted by molar-refractivity contribution is 5.92. The van der Waals surface area contributed by atoms with Crippen LogP contribution in [0.15, 0.2) is 163 Å². The zero-order valence-corrected chi connectivity index (χ0v) is 27.4. The van der Waals surface area contributed by atoms with E-state index in [-0.39, 0.29) is 5.41 Å². The van der Waals surface area contributed by atoms with E-state index in [4.69, 9.17) is 9.40 Å². The third kappa shape index (κ3) is 4.96. The molecule has 0 unspecified atom stereocenters. The summed E-state index contributed by atoms with van der Waals surface area (Å²) >= 11 is 0. The minimum atomic E-state index is -0.105. The number of hydrogen-bond acceptors (Lipinski definition) is 3. The molecule has 0 N–H and O–H groups in total. The molecule has 3 nitrogen and oxygen atoms in total. The first-order chi connectivity index (χ1) is 23.4. The minimum Gasteiger partial charge on any atom is -0.436 e. The molecule has 0 saturated carbocycles. The van der Waals surface area contributed by atoms with Gasteiger partial charge in [0.05, 0.1) is 0 Å². The maximum absolute atomic E-state index is 6.30. The monoisotopic (exact) mass is 620 g/mol. The predicted molar refractivity (Wildman–Crippen MR) is 202 cm³/mol. The second-order valence-corrected chi connectivity index (χ2v) is 12.9. The van der Waals surface area contributed by atoms with Crippen molar-refractivity contribution in [2.75, 3.05) is 4.90 Å². The molecule has 6 aromatic carbocycles. The second-order valence-electron chi connectivity index (χ2n) is 12.9. The van der Waals surface area contributed by atoms with Crippen molar-refractivity contribution >= 4 is 44.5 Å². The molecule has 1 aliphatic rings. The maximum Gasteiger partial charge on any atom is 0.227 e. The van der Waals surface area contributed by atoms with Gasteiger partial charge in [0.1, 0.15) is 5.52 Å². The quantitative estimate of drug-likeness (QED) is 0.166. The Bertz CT molecular complexity index is 2410. The van der Waals surface area contributed by atoms with Gasteiger partial charge in [-0.25, -0.2) is 4.98 Å². The van der Waals surface area contributed by atoms with Gasteiger partial charge in [-0.15, -0.1) is 0 Å². The Morgan fingerprint density at radius 2 is 1.40 bits per heavy atom. The van der Waals surface area contributed by atoms with E-state index in [0.29, 0.717) is 5.89 Å². The highest BCUT2D eigenvalue weighted by atomic mass is 16.3. The summed E-state index contributed by atoms with van der Waals surface area (Å²) < 4.78 is 6.30. The van der Waals surface area contributed by atoms with E-state index in [9.17, 15) is 0 Å². The Labute approximate surface area is 281 Å². The molecule has 0 bridgehead atoms. The molecule has 8 rings (SSSR count). The summed E-state index contributed by atoms with van der Waals surface area (Å²) in [4.78, 5) is 7.32. The van der Waals surface area contributed by atoms with Gasteiger partial charge in [-0.1, -0.05) is 118 Å². The summed E-state index contributed by atoms with van der Waals surface area (Å²) in [5.74, 6) is 0.600. The van der Waals surface area contributed by atoms with Crippen LogP contribution in [0.5, 0.6) is 0 Å². The zero-order chi connectivity index (χ0) is 32.8. The van der Waals surface area contributed by atoms with E-state index >= 15 is 0 Å². The van der Waals surface area contributed by atoms with Crippen molar-refractivity contribution in [3.05, 3.63) is 175 Å². The molecule has 232 valence electrons. The van der Waals surface area contributed by atoms with Crippen molar-refractivity contribution < 1.29 is 4.42 Å². The molecular formula is C45H36N2O. The summed E-state index contributed by atoms with van der Waals surface area (Å²) in [7, 11) is 0. The highest BCUT2D eigenvalue weighted by Gasteiger charge is 2.35. The first-order valence-corrected chi connectivity index (χ1v) is 16.4. The van der Waals surface area contributed by atoms with Crippen LogP contribution in [0.25, 0.3) is 50.0 Å². The Morgan fingerprint density at radius 3 is 2.21 bits per heavy atom. The van der Waals surface area contributed by atoms with Crippen molar-refractivity contribution in [3.63, 3.8) is 0 Å². The fourth-order valence-corrected chi connectivity index (χ4v) is 7.13. The number of rotatable bonds is 7. The Morgan fingerprint density at radius 1 is 0.708 bits per heavy atom. The summed E-state index contributed by atoms with van der Waals surface area (Å²) in [5.41, 5.74) is 13.2. The van der Waals surface area contributed by atoms with E-state index in [2.05, 4.69) is 153 Å². The lowest BCUT2D eigenvalue weighted by Crippen LogP contribution is -2.16. The van der Waals surface area contributed by atoms with Gasteiger partial charge >= 0.3 is 0 Å². The number of nitrogens with zero attached hydrogens (tertiary/aromatic N) is 2. The van der Waals surface area contributed by atoms with Gasteiger partial charge in [-0.2, -0.15) is 0 Å². The van der Waals surface area contributed by atoms with Crippen LogP contribution >= 0.6 is 0 Å². The number of hydrogen-bond donors (Lipinski definition) is 0. The van der Waals surface area contributed by atoms with Gasteiger partial charge in [-0.3, -0.25) is 0 Å². The number of oxazole rings is 1. The summed E-state index contributed by atoms with van der Waals surface area (Å²) in [6.45, 7) is 10.5. The van der Waals surface area contributed by atoms with Crippen molar-refractivity contribution in [1.82, 2.24) is 4.98 Å². The summed E-state index contributed by atoms with van der Waals surface area (Å²) in [5, 5.41) is 2.41. The van der Waals surface area contributed by atoms with E-state index in [0.717, 1.165) is 44.9 Å². The average Bonchev–Trinajstić information content (AvgIpc) is 3.64. The van der Waals surface area contributed by atoms with Crippen LogP contribution in [0.4, 0.5) is 17.1 Å². The lowest BCUT2D eigenvalue weighted by Gasteiger charge is -2.28. The normalized spacial score (nSPS) is 13.6. The number of aromatic nitrogens is 1. The number of allylic oxidation sites excluding steroid dienone is 5. The Kier molecular flexibility index (Phi) is 7.18. The summed E-state index contributed by atoms with van der Waals surface area (Å²) in [6.07, 6.45) is 7.94. The van der Waals surface area contributed by atoms with Crippen molar-refractivity contribution in [1.29, 1.82) is 0 Å². The standard InChI is InChI=1S/C45H36N2O/c1-5-11-30(12-6-2)32-17-19-33(20-18-32)44-46-42-29-37(24-26-43(42)48-44)47(35-22-21-31-13-7-8-14-34(31)27-35)36-23-25-39-38-15-9-10-16-40(38)45(3,4)41(39)28-36/h5-29H,1H2,2-4H3/b12-6-,30-11+. The fraction of sp³-hybridized carbons (Fsp3) is 0.0889. The van der Waals surface area contributed by atoms with Crippen LogP contribution in [0.1, 0.15) is 37.5 Å². The molecule has 1 aliphatic carbocycles. The van der Waals surface area contributed by atoms with Crippen molar-refractivity contribution in [3.8, 4) is 22.6 Å². The lowest BCUT2D eigenvalue weighted by molar-refractivity contribution is 0.620. The highest BCUT2D eigenvalue weighted by Crippen LogP contribution is 2.50. The van der Waals surface area contributed by atoms with Gasteiger partial charge in [-0.05, 0) is 106 Å². The maximum atomic E-state index is 6.30. The van der Waals surface area contributed by atoms with Crippen LogP contribution in [-0.2, 0) is 5.41 Å². The largest absolute Gasteiger partial charge is 0.436 e. The van der Waals surface area contributed by atoms with Gasteiger partial charge in [0.15, 0.2) is 5.58 Å². The first-order valence-electron chi connectivity index (χ1n) is 16.4. The molecule has 0 fully saturated rings. The molecular weight excluding hydrogens is 585 g/mol. The van der Waals surface area contributed by atoms with E-state index in [1.807, 2.05) is 31.2 Å². The molecule has 0 atom stereocenters. The molecule has 0 spiro atoms. The number of fused-ring (bicyclic) bond motifs is 5. The molecule has 0 saturated heterocycles. The van der Waals surface area contributed by atoms with Crippen LogP contribution < -0.4 is 4.90 Å². The van der Waals surface area contributed by atoms with Gasteiger partial charge in [0.25, 0.3) is 0 Å². The van der Waals surface area contributed by atoms with Crippen LogP contribution in [0, 0.1) is 0 Å². The van der Waals surface area contributed by atoms with Gasteiger partial charge < -0.3 is 9.32 Å². The molecule has 7 aromatic rings. The third-order valence-electron chi connectivity index (χ3n) is 9.55. The van der Waals surface area contributed by atoms with Crippen molar-refractivity contribution in [2.24, 2.45) is 0 Å². The minimum absolute atomic E-state index is 0.105. The van der Waals surface area contributed by atoms with E-state index < -0.39 is 0 Å². The smallest absolute Gasteiger partial charge is 0.227 e. The zero-order valence-electron chi connectivity index (χ0n) is 27.4. The lowest BCUT2D eigenvalue weighted by atomic mass is 9.82. The Hall–Kier alpha value is -5.93. The molecule has 1 heterocycles. The van der Waals surface area contributed by atoms with E-state index in [1.54, 1.807) is 0 Å². The molecule has 1 aromatic heterocycles. The molecule has 0 amide bonds. The predicted octanol–water partition coefficient (Wildman–Crippen LogP) is 12.6. The number of benzene rings is 6. The molecule has 48 heavy (non-hydrogen) atoms. The molecule has 0 aliphatic heterocycles. The molecule has 0 radical (unpaired) electrons. The fourth-order valence-electron chi connectivity index (χ4n) is 7.13. The first kappa shape index (κ1) is 29.5. The van der Waals surface area contributed by atoms with E-state index in [1.165, 1.54) is 33.0 Å². The van der Waals surface area contributed by atoms with Gasteiger partial charge in [0, 0.05) is 28.0 Å². The topological polar surface area (TPSA) is 29.3 Å². The third-order valence-corrected chi connectivity index (χ3v) is 9.55. The van der Waals surface area contributed by atoms with Crippen LogP contribution in [-0.4, -0.2) is 4.98 Å². The van der Waals surface area contributed by atoms with Gasteiger partial charge in [0.2, 0.25) is 5.89 Å². The number of anilines is 3. The summed E-state index contributed by atoms with van der Waals surface area (Å²) in [6, 6.07) is 45.5. The average molecular weight is 621 g/mol. The van der Waals surface area contributed by atoms with Crippen LogP contribution in [0.3, 0.4) is 0 Å². The second kappa shape index (κ2) is 11.7. The molecule has 3 heteroatoms. The SMILES string of the molecule is C=C/C=C(\C=C/C)c1ccc(-c2nc3cc(N(c4ccc5c(c4)C(C)(C)c4ccccc4-5)c4ccc5ccccc5c4)ccc3o2)cc1. The Balaban J connectivity index is 1.23. The van der Waals surface area contributed by atoms with Crippen molar-refractivity contribution in [2.45, 2.75) is 26.2 Å².